The standard InChI is InChI=1S/C33H44N6O5S/c1-25(2)23-29(40)35-16-10-20-38-31(32(41)36-21-17-34-18-22-36)30(26-11-5-3-6-12-26)39(33(38)42)27-13-9-19-37(24-27)45(43,44)28-14-7-4-8-15-28/h3-8,11-12,14-15,25,27,34H,9-10,13,16-24H2,1-2H3,(H,35,40). The monoisotopic (exact) mass is 636 g/mol. The van der Waals surface area contributed by atoms with Gasteiger partial charge in [-0.1, -0.05) is 62.4 Å². The van der Waals surface area contributed by atoms with Crippen molar-refractivity contribution in [3.8, 4) is 11.3 Å². The number of aromatic nitrogens is 2. The third-order valence-electron chi connectivity index (χ3n) is 8.41. The highest BCUT2D eigenvalue weighted by Gasteiger charge is 2.36. The second-order valence-electron chi connectivity index (χ2n) is 12.2. The van der Waals surface area contributed by atoms with Crippen LogP contribution in [0.2, 0.25) is 0 Å². The molecule has 3 heterocycles. The van der Waals surface area contributed by atoms with Crippen molar-refractivity contribution in [1.82, 2.24) is 29.0 Å². The van der Waals surface area contributed by atoms with Crippen molar-refractivity contribution in [2.24, 2.45) is 5.92 Å². The van der Waals surface area contributed by atoms with Crippen molar-refractivity contribution >= 4 is 21.8 Å². The highest BCUT2D eigenvalue weighted by Crippen LogP contribution is 2.33. The lowest BCUT2D eigenvalue weighted by atomic mass is 10.0. The molecule has 1 aromatic heterocycles. The topological polar surface area (TPSA) is 126 Å². The van der Waals surface area contributed by atoms with Gasteiger partial charge in [0.25, 0.3) is 5.91 Å². The molecule has 5 rings (SSSR count). The van der Waals surface area contributed by atoms with Crippen LogP contribution in [-0.4, -0.2) is 84.4 Å². The minimum absolute atomic E-state index is 0.0427. The smallest absolute Gasteiger partial charge is 0.329 e. The van der Waals surface area contributed by atoms with Gasteiger partial charge in [0.15, 0.2) is 0 Å². The van der Waals surface area contributed by atoms with E-state index in [9.17, 15) is 22.8 Å². The molecule has 1 unspecified atom stereocenters. The van der Waals surface area contributed by atoms with E-state index >= 15 is 0 Å². The van der Waals surface area contributed by atoms with Gasteiger partial charge in [-0.2, -0.15) is 4.31 Å². The second-order valence-corrected chi connectivity index (χ2v) is 14.1. The first-order valence-electron chi connectivity index (χ1n) is 15.9. The molecule has 11 nitrogen and oxygen atoms in total. The Balaban J connectivity index is 1.56. The molecule has 2 saturated heterocycles. The number of nitrogens with one attached hydrogen (secondary N) is 2. The summed E-state index contributed by atoms with van der Waals surface area (Å²) >= 11 is 0. The maximum absolute atomic E-state index is 14.5. The summed E-state index contributed by atoms with van der Waals surface area (Å²) in [5, 5.41) is 6.21. The molecule has 2 fully saturated rings. The molecule has 0 spiro atoms. The van der Waals surface area contributed by atoms with Crippen LogP contribution in [-0.2, 0) is 21.4 Å². The number of imidazole rings is 1. The molecule has 0 bridgehead atoms. The SMILES string of the molecule is CC(C)CC(=O)NCCCn1c(C(=O)N2CCNCC2)c(-c2ccccc2)n(C2CCCN(S(=O)(=O)c3ccccc3)C2)c1=O. The van der Waals surface area contributed by atoms with E-state index in [1.54, 1.807) is 44.4 Å². The van der Waals surface area contributed by atoms with Crippen LogP contribution in [0.15, 0.2) is 70.4 Å². The summed E-state index contributed by atoms with van der Waals surface area (Å²) in [4.78, 5) is 43.0. The van der Waals surface area contributed by atoms with Crippen LogP contribution in [0.5, 0.6) is 0 Å². The third kappa shape index (κ3) is 7.40. The predicted octanol–water partition coefficient (Wildman–Crippen LogP) is 2.94. The third-order valence-corrected chi connectivity index (χ3v) is 10.3. The molecule has 2 aromatic carbocycles. The largest absolute Gasteiger partial charge is 0.356 e. The Kier molecular flexibility index (Phi) is 10.6. The molecule has 3 aromatic rings. The van der Waals surface area contributed by atoms with E-state index in [1.807, 2.05) is 44.2 Å². The lowest BCUT2D eigenvalue weighted by molar-refractivity contribution is -0.121. The number of sulfonamides is 1. The molecule has 2 aliphatic rings. The first-order valence-corrected chi connectivity index (χ1v) is 17.3. The van der Waals surface area contributed by atoms with Crippen molar-refractivity contribution in [2.45, 2.75) is 57.0 Å². The van der Waals surface area contributed by atoms with E-state index in [0.29, 0.717) is 76.3 Å². The number of piperazine rings is 1. The van der Waals surface area contributed by atoms with Crippen molar-refractivity contribution < 1.29 is 18.0 Å². The Morgan fingerprint density at radius 2 is 1.64 bits per heavy atom. The van der Waals surface area contributed by atoms with E-state index in [-0.39, 0.29) is 41.4 Å². The summed E-state index contributed by atoms with van der Waals surface area (Å²) in [6.07, 6.45) is 2.05. The van der Waals surface area contributed by atoms with Crippen molar-refractivity contribution in [3.05, 3.63) is 76.8 Å². The predicted molar refractivity (Wildman–Crippen MR) is 173 cm³/mol. The lowest BCUT2D eigenvalue weighted by Gasteiger charge is -2.33. The highest BCUT2D eigenvalue weighted by molar-refractivity contribution is 7.89. The van der Waals surface area contributed by atoms with Gasteiger partial charge in [0, 0.05) is 64.3 Å². The second kappa shape index (κ2) is 14.6. The Labute approximate surface area is 265 Å². The molecule has 45 heavy (non-hydrogen) atoms. The minimum Gasteiger partial charge on any atom is -0.356 e. The Morgan fingerprint density at radius 1 is 0.978 bits per heavy atom. The van der Waals surface area contributed by atoms with Crippen molar-refractivity contribution in [2.75, 3.05) is 45.8 Å². The van der Waals surface area contributed by atoms with Gasteiger partial charge in [-0.05, 0) is 37.3 Å². The van der Waals surface area contributed by atoms with Crippen LogP contribution >= 0.6 is 0 Å². The number of amides is 2. The highest BCUT2D eigenvalue weighted by atomic mass is 32.2. The zero-order valence-corrected chi connectivity index (χ0v) is 27.0. The number of rotatable bonds is 11. The van der Waals surface area contributed by atoms with E-state index in [2.05, 4.69) is 10.6 Å². The van der Waals surface area contributed by atoms with E-state index in [4.69, 9.17) is 0 Å². The summed E-state index contributed by atoms with van der Waals surface area (Å²) in [7, 11) is -3.78. The fraction of sp³-hybridized carbons (Fsp3) is 0.485. The number of piperidine rings is 1. The molecule has 2 aliphatic heterocycles. The van der Waals surface area contributed by atoms with Crippen LogP contribution in [0, 0.1) is 5.92 Å². The van der Waals surface area contributed by atoms with Gasteiger partial charge in [0.1, 0.15) is 5.69 Å². The number of carbonyl (C=O) groups is 2. The zero-order chi connectivity index (χ0) is 32.0. The van der Waals surface area contributed by atoms with E-state index < -0.39 is 16.1 Å². The van der Waals surface area contributed by atoms with Gasteiger partial charge >= 0.3 is 5.69 Å². The van der Waals surface area contributed by atoms with E-state index in [1.165, 1.54) is 4.31 Å². The van der Waals surface area contributed by atoms with Crippen LogP contribution in [0.4, 0.5) is 0 Å². The quantitative estimate of drug-likeness (QED) is 0.312. The Morgan fingerprint density at radius 3 is 2.31 bits per heavy atom. The number of hydrogen-bond donors (Lipinski definition) is 2. The average Bonchev–Trinajstić information content (AvgIpc) is 3.35. The van der Waals surface area contributed by atoms with Crippen molar-refractivity contribution in [1.29, 1.82) is 0 Å². The normalized spacial score (nSPS) is 17.8. The van der Waals surface area contributed by atoms with Crippen molar-refractivity contribution in [3.63, 3.8) is 0 Å². The molecule has 2 amide bonds. The maximum Gasteiger partial charge on any atom is 0.329 e. The summed E-state index contributed by atoms with van der Waals surface area (Å²) < 4.78 is 31.9. The van der Waals surface area contributed by atoms with Gasteiger partial charge in [-0.3, -0.25) is 18.7 Å². The number of nitrogens with zero attached hydrogens (tertiary/aromatic N) is 4. The van der Waals surface area contributed by atoms with Crippen LogP contribution in [0.1, 0.15) is 56.1 Å². The van der Waals surface area contributed by atoms with Gasteiger partial charge in [-0.15, -0.1) is 0 Å². The van der Waals surface area contributed by atoms with Gasteiger partial charge < -0.3 is 15.5 Å². The van der Waals surface area contributed by atoms with Gasteiger partial charge in [0.2, 0.25) is 15.9 Å². The summed E-state index contributed by atoms with van der Waals surface area (Å²) in [5.74, 6) is -0.0300. The molecule has 0 radical (unpaired) electrons. The molecule has 12 heteroatoms. The Hall–Kier alpha value is -3.74. The number of carbonyl (C=O) groups excluding carboxylic acids is 2. The molecule has 1 atom stereocenters. The summed E-state index contributed by atoms with van der Waals surface area (Å²) in [6.45, 7) is 7.41. The van der Waals surface area contributed by atoms with Gasteiger partial charge in [-0.25, -0.2) is 13.2 Å². The lowest BCUT2D eigenvalue weighted by Crippen LogP contribution is -2.47. The first kappa shape index (κ1) is 32.6. The number of hydrogen-bond acceptors (Lipinski definition) is 6. The zero-order valence-electron chi connectivity index (χ0n) is 26.2. The fourth-order valence-electron chi connectivity index (χ4n) is 6.22. The summed E-state index contributed by atoms with van der Waals surface area (Å²) in [6, 6.07) is 17.3. The molecular formula is C33H44N6O5S. The van der Waals surface area contributed by atoms with Crippen LogP contribution < -0.4 is 16.3 Å². The molecule has 0 aliphatic carbocycles. The van der Waals surface area contributed by atoms with Crippen LogP contribution in [0.3, 0.4) is 0 Å². The molecule has 2 N–H and O–H groups in total. The molecule has 0 saturated carbocycles. The van der Waals surface area contributed by atoms with Crippen LogP contribution in [0.25, 0.3) is 11.3 Å². The van der Waals surface area contributed by atoms with E-state index in [0.717, 1.165) is 5.56 Å². The maximum atomic E-state index is 14.5. The summed E-state index contributed by atoms with van der Waals surface area (Å²) in [5.41, 5.74) is 1.20. The number of benzene rings is 2. The van der Waals surface area contributed by atoms with Gasteiger partial charge in [0.05, 0.1) is 16.6 Å². The molecular weight excluding hydrogens is 592 g/mol. The average molecular weight is 637 g/mol. The Bertz CT molecular complexity index is 1630. The first-order chi connectivity index (χ1) is 21.7. The minimum atomic E-state index is -3.78. The fourth-order valence-corrected chi connectivity index (χ4v) is 7.75. The molecule has 242 valence electrons.